The van der Waals surface area contributed by atoms with E-state index in [-0.39, 0.29) is 31.7 Å². The molecular formula is C21H20FN3O4. The van der Waals surface area contributed by atoms with Gasteiger partial charge in [0, 0.05) is 42.3 Å². The Bertz CT molecular complexity index is 1070. The Morgan fingerprint density at radius 1 is 1.28 bits per heavy atom. The second-order valence-corrected chi connectivity index (χ2v) is 6.90. The summed E-state index contributed by atoms with van der Waals surface area (Å²) in [6.45, 7) is 0.325. The van der Waals surface area contributed by atoms with Gasteiger partial charge in [-0.2, -0.15) is 0 Å². The summed E-state index contributed by atoms with van der Waals surface area (Å²) in [4.78, 5) is 29.2. The second kappa shape index (κ2) is 7.56. The van der Waals surface area contributed by atoms with Gasteiger partial charge in [-0.1, -0.05) is 18.2 Å². The number of aromatic nitrogens is 1. The van der Waals surface area contributed by atoms with Crippen molar-refractivity contribution in [3.05, 3.63) is 66.1 Å². The first-order valence-electron chi connectivity index (χ1n) is 9.28. The predicted octanol–water partition coefficient (Wildman–Crippen LogP) is 2.70. The Labute approximate surface area is 166 Å². The van der Waals surface area contributed by atoms with Gasteiger partial charge < -0.3 is 25.0 Å². The minimum absolute atomic E-state index is 0.0439. The first kappa shape index (κ1) is 18.9. The molecule has 0 spiro atoms. The fourth-order valence-electron chi connectivity index (χ4n) is 3.42. The molecule has 0 radical (unpaired) electrons. The van der Waals surface area contributed by atoms with E-state index in [1.54, 1.807) is 30.5 Å². The van der Waals surface area contributed by atoms with E-state index in [9.17, 15) is 19.1 Å². The van der Waals surface area contributed by atoms with Crippen LogP contribution in [-0.2, 0) is 16.0 Å². The van der Waals surface area contributed by atoms with Crippen LogP contribution in [-0.4, -0.2) is 41.0 Å². The molecule has 1 aliphatic heterocycles. The van der Waals surface area contributed by atoms with Gasteiger partial charge in [0.05, 0.1) is 0 Å². The van der Waals surface area contributed by atoms with Crippen molar-refractivity contribution in [2.45, 2.75) is 18.6 Å². The number of hydrogen-bond acceptors (Lipinski definition) is 4. The van der Waals surface area contributed by atoms with E-state index in [1.165, 1.54) is 11.0 Å². The first-order chi connectivity index (χ1) is 14.0. The molecule has 2 heterocycles. The molecule has 1 aliphatic rings. The van der Waals surface area contributed by atoms with Crippen molar-refractivity contribution in [1.29, 1.82) is 0 Å². The van der Waals surface area contributed by atoms with E-state index >= 15 is 0 Å². The Morgan fingerprint density at radius 2 is 2.10 bits per heavy atom. The van der Waals surface area contributed by atoms with Crippen molar-refractivity contribution in [1.82, 2.24) is 10.3 Å². The van der Waals surface area contributed by atoms with Crippen molar-refractivity contribution >= 4 is 28.6 Å². The lowest BCUT2D eigenvalue weighted by molar-refractivity contribution is -0.175. The average molecular weight is 397 g/mol. The quantitative estimate of drug-likeness (QED) is 0.577. The highest BCUT2D eigenvalue weighted by molar-refractivity contribution is 6.02. The van der Waals surface area contributed by atoms with Gasteiger partial charge in [-0.05, 0) is 42.3 Å². The molecule has 0 bridgehead atoms. The molecule has 3 N–H and O–H groups in total. The van der Waals surface area contributed by atoms with Crippen molar-refractivity contribution < 1.29 is 23.8 Å². The highest BCUT2D eigenvalue weighted by atomic mass is 19.1. The van der Waals surface area contributed by atoms with Crippen LogP contribution in [0.15, 0.2) is 54.7 Å². The maximum atomic E-state index is 13.6. The van der Waals surface area contributed by atoms with Crippen molar-refractivity contribution in [2.75, 3.05) is 18.0 Å². The molecule has 8 heteroatoms. The first-order valence-corrected chi connectivity index (χ1v) is 9.28. The van der Waals surface area contributed by atoms with Crippen molar-refractivity contribution in [3.63, 3.8) is 0 Å². The molecule has 0 saturated carbocycles. The zero-order valence-electron chi connectivity index (χ0n) is 15.5. The number of halogens is 1. The summed E-state index contributed by atoms with van der Waals surface area (Å²) in [5, 5.41) is 13.9. The number of aromatic amines is 1. The Morgan fingerprint density at radius 3 is 2.93 bits per heavy atom. The van der Waals surface area contributed by atoms with E-state index in [4.69, 9.17) is 4.74 Å². The fraction of sp³-hybridized carbons (Fsp3) is 0.238. The maximum absolute atomic E-state index is 13.6. The largest absolute Gasteiger partial charge is 0.410 e. The molecule has 2 aromatic carbocycles. The number of nitrogens with one attached hydrogen (secondary N) is 2. The average Bonchev–Trinajstić information content (AvgIpc) is 3.28. The number of carbonyl (C=O) groups excluding carboxylic acids is 2. The van der Waals surface area contributed by atoms with Crippen LogP contribution in [0, 0.1) is 5.82 Å². The van der Waals surface area contributed by atoms with Crippen LogP contribution < -0.4 is 10.2 Å². The van der Waals surface area contributed by atoms with Crippen LogP contribution in [0.1, 0.15) is 12.0 Å². The molecule has 1 fully saturated rings. The summed E-state index contributed by atoms with van der Waals surface area (Å²) in [5.41, 5.74) is 2.00. The number of benzene rings is 2. The smallest absolute Gasteiger partial charge is 0.407 e. The number of ether oxygens (including phenoxy) is 1. The second-order valence-electron chi connectivity index (χ2n) is 6.90. The standard InChI is InChI=1S/C21H20FN3O4/c22-17-4-2-1-3-14(17)7-11-24-20(27)29-21(28)9-12-25(19(21)26)16-5-6-18-15(13-16)8-10-23-18/h1-6,8,10,13,23,28H,7,9,11-12H2,(H,24,27). The van der Waals surface area contributed by atoms with E-state index in [1.807, 2.05) is 18.2 Å². The lowest BCUT2D eigenvalue weighted by atomic mass is 10.1. The minimum atomic E-state index is -2.23. The molecule has 3 aromatic rings. The Kier molecular flexibility index (Phi) is 4.94. The van der Waals surface area contributed by atoms with Crippen molar-refractivity contribution in [3.8, 4) is 0 Å². The highest BCUT2D eigenvalue weighted by Gasteiger charge is 2.49. The Hall–Kier alpha value is -3.39. The fourth-order valence-corrected chi connectivity index (χ4v) is 3.42. The molecule has 1 aromatic heterocycles. The molecular weight excluding hydrogens is 377 g/mol. The number of anilines is 1. The number of alkyl carbamates (subject to hydrolysis) is 1. The topological polar surface area (TPSA) is 94.7 Å². The summed E-state index contributed by atoms with van der Waals surface area (Å²) >= 11 is 0. The third kappa shape index (κ3) is 3.79. The number of fused-ring (bicyclic) bond motifs is 1. The molecule has 29 heavy (non-hydrogen) atoms. The molecule has 2 amide bonds. The van der Waals surface area contributed by atoms with Crippen molar-refractivity contribution in [2.24, 2.45) is 0 Å². The highest BCUT2D eigenvalue weighted by Crippen LogP contribution is 2.31. The number of rotatable bonds is 5. The normalized spacial score (nSPS) is 19.0. The molecule has 1 atom stereocenters. The SMILES string of the molecule is O=C(NCCc1ccccc1F)OC1(O)CCN(c2ccc3[nH]ccc3c2)C1=O. The summed E-state index contributed by atoms with van der Waals surface area (Å²) in [5.74, 6) is -3.28. The predicted molar refractivity (Wildman–Crippen MR) is 105 cm³/mol. The number of hydrogen-bond donors (Lipinski definition) is 3. The molecule has 1 unspecified atom stereocenters. The third-order valence-electron chi connectivity index (χ3n) is 4.99. The lowest BCUT2D eigenvalue weighted by Crippen LogP contribution is -2.46. The van der Waals surface area contributed by atoms with Gasteiger partial charge in [-0.3, -0.25) is 4.79 Å². The zero-order valence-corrected chi connectivity index (χ0v) is 15.5. The molecule has 0 aliphatic carbocycles. The van der Waals surface area contributed by atoms with Gasteiger partial charge in [0.2, 0.25) is 0 Å². The molecule has 1 saturated heterocycles. The van der Waals surface area contributed by atoms with Crippen LogP contribution in [0.4, 0.5) is 14.9 Å². The lowest BCUT2D eigenvalue weighted by Gasteiger charge is -2.22. The third-order valence-corrected chi connectivity index (χ3v) is 4.99. The zero-order chi connectivity index (χ0) is 20.4. The van der Waals surface area contributed by atoms with Crippen LogP contribution in [0.25, 0.3) is 10.9 Å². The summed E-state index contributed by atoms with van der Waals surface area (Å²) in [6.07, 6.45) is 1.08. The molecule has 4 rings (SSSR count). The summed E-state index contributed by atoms with van der Waals surface area (Å²) in [6, 6.07) is 13.6. The minimum Gasteiger partial charge on any atom is -0.407 e. The maximum Gasteiger partial charge on any atom is 0.410 e. The summed E-state index contributed by atoms with van der Waals surface area (Å²) in [7, 11) is 0. The van der Waals surface area contributed by atoms with Crippen LogP contribution in [0.2, 0.25) is 0 Å². The number of H-pyrrole nitrogens is 1. The van der Waals surface area contributed by atoms with Crippen LogP contribution >= 0.6 is 0 Å². The van der Waals surface area contributed by atoms with E-state index in [0.29, 0.717) is 11.3 Å². The van der Waals surface area contributed by atoms with E-state index in [2.05, 4.69) is 10.3 Å². The van der Waals surface area contributed by atoms with Gasteiger partial charge in [0.15, 0.2) is 0 Å². The van der Waals surface area contributed by atoms with E-state index < -0.39 is 17.8 Å². The number of aliphatic hydroxyl groups is 1. The number of nitrogens with zero attached hydrogens (tertiary/aromatic N) is 1. The van der Waals surface area contributed by atoms with Gasteiger partial charge in [0.1, 0.15) is 5.82 Å². The van der Waals surface area contributed by atoms with Gasteiger partial charge >= 0.3 is 6.09 Å². The van der Waals surface area contributed by atoms with Gasteiger partial charge in [0.25, 0.3) is 11.7 Å². The number of carbonyl (C=O) groups is 2. The van der Waals surface area contributed by atoms with E-state index in [0.717, 1.165) is 10.9 Å². The summed E-state index contributed by atoms with van der Waals surface area (Å²) < 4.78 is 18.6. The van der Waals surface area contributed by atoms with Gasteiger partial charge in [-0.15, -0.1) is 0 Å². The molecule has 150 valence electrons. The van der Waals surface area contributed by atoms with Crippen LogP contribution in [0.3, 0.4) is 0 Å². The van der Waals surface area contributed by atoms with Crippen LogP contribution in [0.5, 0.6) is 0 Å². The monoisotopic (exact) mass is 397 g/mol. The Balaban J connectivity index is 1.36. The van der Waals surface area contributed by atoms with Gasteiger partial charge in [-0.25, -0.2) is 9.18 Å². The molecule has 7 nitrogen and oxygen atoms in total. The number of amides is 2.